The summed E-state index contributed by atoms with van der Waals surface area (Å²) in [6.07, 6.45) is 1.68. The summed E-state index contributed by atoms with van der Waals surface area (Å²) in [5, 5.41) is 3.38. The number of nitrogens with one attached hydrogen (secondary N) is 1. The predicted octanol–water partition coefficient (Wildman–Crippen LogP) is 5.45. The van der Waals surface area contributed by atoms with Crippen LogP contribution in [0.25, 0.3) is 0 Å². The number of anilines is 2. The summed E-state index contributed by atoms with van der Waals surface area (Å²) in [6, 6.07) is 4.53. The van der Waals surface area contributed by atoms with E-state index in [0.29, 0.717) is 21.0 Å². The smallest absolute Gasteiger partial charge is 0.133 e. The first-order chi connectivity index (χ1) is 8.47. The second-order valence-electron chi connectivity index (χ2n) is 3.69. The fourth-order valence-corrected chi connectivity index (χ4v) is 2.80. The molecule has 1 aromatic carbocycles. The van der Waals surface area contributed by atoms with Crippen LogP contribution >= 0.6 is 43.5 Å². The van der Waals surface area contributed by atoms with Crippen molar-refractivity contribution in [1.29, 1.82) is 0 Å². The van der Waals surface area contributed by atoms with E-state index in [0.717, 1.165) is 10.0 Å². The van der Waals surface area contributed by atoms with Crippen LogP contribution in [0.1, 0.15) is 5.56 Å². The van der Waals surface area contributed by atoms with E-state index in [9.17, 15) is 4.39 Å². The van der Waals surface area contributed by atoms with Crippen LogP contribution in [0.2, 0.25) is 5.02 Å². The molecule has 94 valence electrons. The first-order valence-corrected chi connectivity index (χ1v) is 6.97. The minimum Gasteiger partial charge on any atom is -0.338 e. The molecular weight excluding hydrogens is 386 g/mol. The number of nitrogens with zero attached hydrogens (tertiary/aromatic N) is 1. The van der Waals surface area contributed by atoms with Crippen molar-refractivity contribution >= 4 is 55.0 Å². The van der Waals surface area contributed by atoms with Gasteiger partial charge in [0, 0.05) is 15.1 Å². The van der Waals surface area contributed by atoms with Crippen LogP contribution in [0.5, 0.6) is 0 Å². The number of hydrogen-bond donors (Lipinski definition) is 1. The van der Waals surface area contributed by atoms with Gasteiger partial charge < -0.3 is 5.32 Å². The molecule has 18 heavy (non-hydrogen) atoms. The number of halogens is 4. The van der Waals surface area contributed by atoms with Crippen LogP contribution in [0.15, 0.2) is 33.3 Å². The Morgan fingerprint density at radius 2 is 2.00 bits per heavy atom. The van der Waals surface area contributed by atoms with Crippen molar-refractivity contribution in [2.75, 3.05) is 5.32 Å². The molecule has 0 fully saturated rings. The SMILES string of the molecule is Cc1cc(Br)cnc1Nc1c(Cl)cc(F)cc1Br. The highest BCUT2D eigenvalue weighted by atomic mass is 79.9. The topological polar surface area (TPSA) is 24.9 Å². The van der Waals surface area contributed by atoms with Crippen molar-refractivity contribution < 1.29 is 4.39 Å². The van der Waals surface area contributed by atoms with E-state index in [1.165, 1.54) is 12.1 Å². The summed E-state index contributed by atoms with van der Waals surface area (Å²) in [6.45, 7) is 1.92. The zero-order valence-electron chi connectivity index (χ0n) is 9.27. The minimum absolute atomic E-state index is 0.297. The van der Waals surface area contributed by atoms with Gasteiger partial charge in [-0.25, -0.2) is 9.37 Å². The molecule has 1 N–H and O–H groups in total. The van der Waals surface area contributed by atoms with Gasteiger partial charge in [0.2, 0.25) is 0 Å². The Morgan fingerprint density at radius 1 is 1.28 bits per heavy atom. The van der Waals surface area contributed by atoms with Crippen LogP contribution in [-0.4, -0.2) is 4.98 Å². The molecule has 0 aliphatic rings. The van der Waals surface area contributed by atoms with Crippen molar-refractivity contribution in [3.63, 3.8) is 0 Å². The number of pyridine rings is 1. The minimum atomic E-state index is -0.391. The van der Waals surface area contributed by atoms with Crippen LogP contribution in [0.4, 0.5) is 15.9 Å². The summed E-state index contributed by atoms with van der Waals surface area (Å²) in [5.41, 5.74) is 1.55. The first kappa shape index (κ1) is 13.8. The largest absolute Gasteiger partial charge is 0.338 e. The Balaban J connectivity index is 2.40. The predicted molar refractivity (Wildman–Crippen MR) is 79.1 cm³/mol. The molecule has 0 amide bonds. The Kier molecular flexibility index (Phi) is 4.25. The summed E-state index contributed by atoms with van der Waals surface area (Å²) < 4.78 is 14.6. The molecule has 2 nitrogen and oxygen atoms in total. The lowest BCUT2D eigenvalue weighted by molar-refractivity contribution is 0.627. The van der Waals surface area contributed by atoms with Gasteiger partial charge >= 0.3 is 0 Å². The molecule has 0 spiro atoms. The zero-order valence-corrected chi connectivity index (χ0v) is 13.2. The third kappa shape index (κ3) is 3.02. The molecule has 0 saturated heterocycles. The van der Waals surface area contributed by atoms with Crippen molar-refractivity contribution in [2.45, 2.75) is 6.92 Å². The van der Waals surface area contributed by atoms with Gasteiger partial charge in [-0.1, -0.05) is 11.6 Å². The summed E-state index contributed by atoms with van der Waals surface area (Å²) in [5.74, 6) is 0.283. The lowest BCUT2D eigenvalue weighted by Gasteiger charge is -2.12. The second-order valence-corrected chi connectivity index (χ2v) is 5.87. The van der Waals surface area contributed by atoms with Gasteiger partial charge in [0.05, 0.1) is 10.7 Å². The number of rotatable bonds is 2. The van der Waals surface area contributed by atoms with Crippen molar-refractivity contribution in [1.82, 2.24) is 4.98 Å². The van der Waals surface area contributed by atoms with E-state index < -0.39 is 5.82 Å². The zero-order chi connectivity index (χ0) is 13.3. The van der Waals surface area contributed by atoms with Gasteiger partial charge in [-0.05, 0) is 62.5 Å². The molecule has 1 heterocycles. The average Bonchev–Trinajstić information content (AvgIpc) is 2.25. The summed E-state index contributed by atoms with van der Waals surface area (Å²) in [4.78, 5) is 4.25. The van der Waals surface area contributed by atoms with E-state index in [2.05, 4.69) is 42.2 Å². The van der Waals surface area contributed by atoms with E-state index in [1.807, 2.05) is 13.0 Å². The summed E-state index contributed by atoms with van der Waals surface area (Å²) in [7, 11) is 0. The average molecular weight is 394 g/mol. The Morgan fingerprint density at radius 3 is 2.61 bits per heavy atom. The Bertz CT molecular complexity index is 582. The van der Waals surface area contributed by atoms with E-state index in [1.54, 1.807) is 6.20 Å². The van der Waals surface area contributed by atoms with Crippen LogP contribution in [-0.2, 0) is 0 Å². The highest BCUT2D eigenvalue weighted by Gasteiger charge is 2.10. The van der Waals surface area contributed by atoms with Gasteiger partial charge in [0.25, 0.3) is 0 Å². The standard InChI is InChI=1S/C12H8Br2ClFN2/c1-6-2-7(13)5-17-12(6)18-11-9(14)3-8(16)4-10(11)15/h2-5H,1H3,(H,17,18). The maximum absolute atomic E-state index is 13.1. The van der Waals surface area contributed by atoms with Crippen LogP contribution < -0.4 is 5.32 Å². The molecule has 0 aliphatic carbocycles. The van der Waals surface area contributed by atoms with Crippen LogP contribution in [0.3, 0.4) is 0 Å². The van der Waals surface area contributed by atoms with Crippen molar-refractivity contribution in [2.24, 2.45) is 0 Å². The third-order valence-electron chi connectivity index (χ3n) is 2.30. The fourth-order valence-electron chi connectivity index (χ4n) is 1.45. The highest BCUT2D eigenvalue weighted by Crippen LogP contribution is 2.34. The number of aromatic nitrogens is 1. The van der Waals surface area contributed by atoms with Gasteiger partial charge in [-0.15, -0.1) is 0 Å². The molecule has 0 atom stereocenters. The highest BCUT2D eigenvalue weighted by molar-refractivity contribution is 9.10. The van der Waals surface area contributed by atoms with E-state index in [-0.39, 0.29) is 0 Å². The fraction of sp³-hybridized carbons (Fsp3) is 0.0833. The number of aryl methyl sites for hydroxylation is 1. The maximum Gasteiger partial charge on any atom is 0.133 e. The molecule has 0 bridgehead atoms. The molecule has 0 aliphatic heterocycles. The Hall–Kier alpha value is -0.650. The molecule has 1 aromatic heterocycles. The molecular formula is C12H8Br2ClFN2. The van der Waals surface area contributed by atoms with E-state index in [4.69, 9.17) is 11.6 Å². The van der Waals surface area contributed by atoms with Gasteiger partial charge in [-0.2, -0.15) is 0 Å². The van der Waals surface area contributed by atoms with E-state index >= 15 is 0 Å². The first-order valence-electron chi connectivity index (χ1n) is 5.01. The Labute approximate surface area is 126 Å². The van der Waals surface area contributed by atoms with Crippen molar-refractivity contribution in [3.8, 4) is 0 Å². The third-order valence-corrected chi connectivity index (χ3v) is 3.65. The molecule has 2 aromatic rings. The van der Waals surface area contributed by atoms with Gasteiger partial charge in [-0.3, -0.25) is 0 Å². The van der Waals surface area contributed by atoms with Gasteiger partial charge in [0.15, 0.2) is 0 Å². The molecule has 6 heteroatoms. The number of hydrogen-bond acceptors (Lipinski definition) is 2. The second kappa shape index (κ2) is 5.55. The quantitative estimate of drug-likeness (QED) is 0.733. The maximum atomic E-state index is 13.1. The molecule has 0 unspecified atom stereocenters. The molecule has 0 radical (unpaired) electrons. The number of benzene rings is 1. The monoisotopic (exact) mass is 392 g/mol. The molecule has 0 saturated carbocycles. The normalized spacial score (nSPS) is 10.5. The lowest BCUT2D eigenvalue weighted by atomic mass is 10.2. The van der Waals surface area contributed by atoms with Crippen molar-refractivity contribution in [3.05, 3.63) is 49.7 Å². The van der Waals surface area contributed by atoms with Crippen LogP contribution in [0, 0.1) is 12.7 Å². The summed E-state index contributed by atoms with van der Waals surface area (Å²) >= 11 is 12.6. The lowest BCUT2D eigenvalue weighted by Crippen LogP contribution is -1.98. The molecule has 2 rings (SSSR count). The van der Waals surface area contributed by atoms with Gasteiger partial charge in [0.1, 0.15) is 11.6 Å².